The molecule has 0 fully saturated rings. The number of Topliss-reactive ketones (excluding diaryl/α,β-unsaturated/α-hetero) is 1. The van der Waals surface area contributed by atoms with Gasteiger partial charge in [-0.2, -0.15) is 0 Å². The van der Waals surface area contributed by atoms with Gasteiger partial charge in [0.1, 0.15) is 11.5 Å². The zero-order valence-corrected chi connectivity index (χ0v) is 12.8. The molecule has 1 unspecified atom stereocenters. The van der Waals surface area contributed by atoms with E-state index in [1.54, 1.807) is 19.1 Å². The summed E-state index contributed by atoms with van der Waals surface area (Å²) < 4.78 is 0. The monoisotopic (exact) mass is 298 g/mol. The minimum atomic E-state index is -0.559. The molecule has 0 heterocycles. The van der Waals surface area contributed by atoms with Crippen LogP contribution in [0.5, 0.6) is 5.75 Å². The molecule has 116 valence electrons. The molecule has 22 heavy (non-hydrogen) atoms. The summed E-state index contributed by atoms with van der Waals surface area (Å²) in [6, 6.07) is 15.3. The van der Waals surface area contributed by atoms with Crippen LogP contribution in [0.15, 0.2) is 48.5 Å². The summed E-state index contributed by atoms with van der Waals surface area (Å²) in [5, 5.41) is 18.6. The van der Waals surface area contributed by atoms with Gasteiger partial charge in [0, 0.05) is 12.8 Å². The molecule has 2 rings (SSSR count). The summed E-state index contributed by atoms with van der Waals surface area (Å²) in [7, 11) is 0. The molecule has 3 nitrogen and oxygen atoms in total. The van der Waals surface area contributed by atoms with Crippen LogP contribution in [0.2, 0.25) is 0 Å². The normalized spacial score (nSPS) is 12.1. The summed E-state index contributed by atoms with van der Waals surface area (Å²) in [6.45, 7) is 1.64. The Bertz CT molecular complexity index is 615. The molecule has 2 aromatic rings. The van der Waals surface area contributed by atoms with Crippen LogP contribution in [0, 0.1) is 0 Å². The van der Waals surface area contributed by atoms with E-state index < -0.39 is 6.10 Å². The fraction of sp³-hybridized carbons (Fsp3) is 0.316. The highest BCUT2D eigenvalue weighted by atomic mass is 16.3. The average Bonchev–Trinajstić information content (AvgIpc) is 2.48. The first-order valence-electron chi connectivity index (χ1n) is 7.63. The van der Waals surface area contributed by atoms with E-state index >= 15 is 0 Å². The lowest BCUT2D eigenvalue weighted by atomic mass is 9.95. The summed E-state index contributed by atoms with van der Waals surface area (Å²) in [4.78, 5) is 11.6. The quantitative estimate of drug-likeness (QED) is 0.819. The number of benzene rings is 2. The molecule has 0 amide bonds. The molecule has 0 spiro atoms. The number of carbonyl (C=O) groups is 1. The SMILES string of the molecule is CC(O)CC(=O)CCCc1ccccc1-c1ccc(O)cc1. The minimum Gasteiger partial charge on any atom is -0.508 e. The first-order chi connectivity index (χ1) is 10.6. The number of aromatic hydroxyl groups is 1. The Hall–Kier alpha value is -2.13. The van der Waals surface area contributed by atoms with Crippen molar-refractivity contribution >= 4 is 5.78 Å². The van der Waals surface area contributed by atoms with Gasteiger partial charge < -0.3 is 10.2 Å². The second-order valence-corrected chi connectivity index (χ2v) is 5.65. The van der Waals surface area contributed by atoms with Crippen LogP contribution < -0.4 is 0 Å². The molecule has 0 bridgehead atoms. The van der Waals surface area contributed by atoms with E-state index in [4.69, 9.17) is 0 Å². The van der Waals surface area contributed by atoms with E-state index in [2.05, 4.69) is 12.1 Å². The third-order valence-corrected chi connectivity index (χ3v) is 3.62. The molecular formula is C19H22O3. The summed E-state index contributed by atoms with van der Waals surface area (Å²) in [5.41, 5.74) is 3.38. The van der Waals surface area contributed by atoms with Crippen molar-refractivity contribution in [2.24, 2.45) is 0 Å². The lowest BCUT2D eigenvalue weighted by Gasteiger charge is -2.10. The van der Waals surface area contributed by atoms with Crippen molar-refractivity contribution in [2.75, 3.05) is 0 Å². The fourth-order valence-electron chi connectivity index (χ4n) is 2.57. The van der Waals surface area contributed by atoms with Crippen molar-refractivity contribution in [3.8, 4) is 16.9 Å². The first kappa shape index (κ1) is 16.2. The maximum atomic E-state index is 11.6. The maximum Gasteiger partial charge on any atom is 0.135 e. The van der Waals surface area contributed by atoms with E-state index in [-0.39, 0.29) is 18.0 Å². The van der Waals surface area contributed by atoms with Gasteiger partial charge in [0.15, 0.2) is 0 Å². The number of aliphatic hydroxyl groups is 1. The standard InChI is InChI=1S/C19H22O3/c1-14(20)13-18(22)7-4-6-15-5-2-3-8-19(15)16-9-11-17(21)12-10-16/h2-3,5,8-12,14,20-21H,4,6-7,13H2,1H3. The molecule has 3 heteroatoms. The predicted octanol–water partition coefficient (Wildman–Crippen LogP) is 3.72. The van der Waals surface area contributed by atoms with Crippen LogP contribution in [0.25, 0.3) is 11.1 Å². The Labute approximate surface area is 131 Å². The van der Waals surface area contributed by atoms with Crippen molar-refractivity contribution in [3.05, 3.63) is 54.1 Å². The third-order valence-electron chi connectivity index (χ3n) is 3.62. The lowest BCUT2D eigenvalue weighted by Crippen LogP contribution is -2.09. The minimum absolute atomic E-state index is 0.108. The van der Waals surface area contributed by atoms with E-state index in [1.165, 1.54) is 5.56 Å². The van der Waals surface area contributed by atoms with E-state index in [1.807, 2.05) is 24.3 Å². The number of phenols is 1. The number of hydrogen-bond donors (Lipinski definition) is 2. The van der Waals surface area contributed by atoms with Crippen LogP contribution in [0.4, 0.5) is 0 Å². The van der Waals surface area contributed by atoms with Crippen molar-refractivity contribution in [1.29, 1.82) is 0 Å². The lowest BCUT2D eigenvalue weighted by molar-refractivity contribution is -0.120. The van der Waals surface area contributed by atoms with Crippen LogP contribution >= 0.6 is 0 Å². The molecule has 0 radical (unpaired) electrons. The van der Waals surface area contributed by atoms with Crippen LogP contribution in [0.3, 0.4) is 0 Å². The Kier molecular flexibility index (Phi) is 5.73. The highest BCUT2D eigenvalue weighted by Gasteiger charge is 2.08. The van der Waals surface area contributed by atoms with Gasteiger partial charge in [0.2, 0.25) is 0 Å². The molecule has 0 saturated heterocycles. The van der Waals surface area contributed by atoms with Gasteiger partial charge in [0.25, 0.3) is 0 Å². The Balaban J connectivity index is 2.03. The number of hydrogen-bond acceptors (Lipinski definition) is 3. The van der Waals surface area contributed by atoms with E-state index in [9.17, 15) is 15.0 Å². The number of aryl methyl sites for hydroxylation is 1. The molecule has 2 aromatic carbocycles. The summed E-state index contributed by atoms with van der Waals surface area (Å²) in [5.74, 6) is 0.363. The van der Waals surface area contributed by atoms with Crippen molar-refractivity contribution in [2.45, 2.75) is 38.7 Å². The Morgan fingerprint density at radius 1 is 1.09 bits per heavy atom. The predicted molar refractivity (Wildman–Crippen MR) is 87.8 cm³/mol. The smallest absolute Gasteiger partial charge is 0.135 e. The topological polar surface area (TPSA) is 57.5 Å². The highest BCUT2D eigenvalue weighted by Crippen LogP contribution is 2.26. The molecule has 1 atom stereocenters. The van der Waals surface area contributed by atoms with Crippen LogP contribution in [0.1, 0.15) is 31.7 Å². The fourth-order valence-corrected chi connectivity index (χ4v) is 2.57. The Morgan fingerprint density at radius 3 is 2.45 bits per heavy atom. The molecule has 2 N–H and O–H groups in total. The van der Waals surface area contributed by atoms with Gasteiger partial charge in [-0.25, -0.2) is 0 Å². The summed E-state index contributed by atoms with van der Waals surface area (Å²) in [6.07, 6.45) is 1.77. The highest BCUT2D eigenvalue weighted by molar-refractivity contribution is 5.78. The molecule has 0 aliphatic rings. The van der Waals surface area contributed by atoms with Crippen LogP contribution in [-0.2, 0) is 11.2 Å². The number of ketones is 1. The molecular weight excluding hydrogens is 276 g/mol. The number of phenolic OH excluding ortho intramolecular Hbond substituents is 1. The first-order valence-corrected chi connectivity index (χ1v) is 7.63. The van der Waals surface area contributed by atoms with Crippen molar-refractivity contribution in [1.82, 2.24) is 0 Å². The van der Waals surface area contributed by atoms with Gasteiger partial charge in [-0.1, -0.05) is 36.4 Å². The van der Waals surface area contributed by atoms with Gasteiger partial charge in [-0.15, -0.1) is 0 Å². The number of aliphatic hydroxyl groups excluding tert-OH is 1. The van der Waals surface area contributed by atoms with E-state index in [0.29, 0.717) is 6.42 Å². The summed E-state index contributed by atoms with van der Waals surface area (Å²) >= 11 is 0. The van der Waals surface area contributed by atoms with Crippen LogP contribution in [-0.4, -0.2) is 22.1 Å². The Morgan fingerprint density at radius 2 is 1.77 bits per heavy atom. The zero-order valence-electron chi connectivity index (χ0n) is 12.8. The molecule has 0 saturated carbocycles. The second kappa shape index (κ2) is 7.76. The number of carbonyl (C=O) groups excluding carboxylic acids is 1. The van der Waals surface area contributed by atoms with Gasteiger partial charge in [0.05, 0.1) is 6.10 Å². The zero-order chi connectivity index (χ0) is 15.9. The average molecular weight is 298 g/mol. The molecule has 0 aliphatic carbocycles. The van der Waals surface area contributed by atoms with Crippen molar-refractivity contribution < 1.29 is 15.0 Å². The third kappa shape index (κ3) is 4.71. The van der Waals surface area contributed by atoms with E-state index in [0.717, 1.165) is 24.0 Å². The molecule has 0 aliphatic heterocycles. The van der Waals surface area contributed by atoms with Gasteiger partial charge in [-0.3, -0.25) is 4.79 Å². The molecule has 0 aromatic heterocycles. The second-order valence-electron chi connectivity index (χ2n) is 5.65. The number of rotatable bonds is 7. The van der Waals surface area contributed by atoms with Gasteiger partial charge >= 0.3 is 0 Å². The largest absolute Gasteiger partial charge is 0.508 e. The maximum absolute atomic E-state index is 11.6. The van der Waals surface area contributed by atoms with Gasteiger partial charge in [-0.05, 0) is 48.6 Å². The van der Waals surface area contributed by atoms with Crippen molar-refractivity contribution in [3.63, 3.8) is 0 Å².